The third kappa shape index (κ3) is 2.58. The van der Waals surface area contributed by atoms with Crippen molar-refractivity contribution in [2.75, 3.05) is 24.6 Å². The molecule has 1 atom stereocenters. The number of anilines is 1. The zero-order valence-electron chi connectivity index (χ0n) is 9.67. The predicted molar refractivity (Wildman–Crippen MR) is 65.4 cm³/mol. The topological polar surface area (TPSA) is 60.8 Å². The quantitative estimate of drug-likeness (QED) is 0.835. The summed E-state index contributed by atoms with van der Waals surface area (Å²) in [6.07, 6.45) is 2.02. The summed E-state index contributed by atoms with van der Waals surface area (Å²) in [7, 11) is 0. The normalized spacial score (nSPS) is 20.3. The number of aliphatic hydroxyl groups excluding tert-OH is 1. The van der Waals surface area contributed by atoms with Gasteiger partial charge in [-0.1, -0.05) is 12.1 Å². The average molecular weight is 235 g/mol. The molecule has 4 nitrogen and oxygen atoms in total. The fourth-order valence-corrected chi connectivity index (χ4v) is 2.36. The van der Waals surface area contributed by atoms with E-state index in [4.69, 9.17) is 5.11 Å². The van der Waals surface area contributed by atoms with E-state index in [1.54, 1.807) is 12.1 Å². The number of carboxylic acid groups (broad SMARTS) is 1. The van der Waals surface area contributed by atoms with Gasteiger partial charge in [0.15, 0.2) is 0 Å². The number of hydrogen-bond donors (Lipinski definition) is 2. The standard InChI is InChI=1S/C13H17NO3/c15-9-10-4-3-7-14(8-10)12-6-2-1-5-11(12)13(16)17/h1-2,5-6,10,15H,3-4,7-9H2,(H,16,17)/t10-/m0/s1. The highest BCUT2D eigenvalue weighted by atomic mass is 16.4. The Bertz CT molecular complexity index is 405. The largest absolute Gasteiger partial charge is 0.478 e. The molecule has 0 radical (unpaired) electrons. The lowest BCUT2D eigenvalue weighted by Gasteiger charge is -2.34. The van der Waals surface area contributed by atoms with E-state index >= 15 is 0 Å². The van der Waals surface area contributed by atoms with Crippen molar-refractivity contribution >= 4 is 11.7 Å². The lowest BCUT2D eigenvalue weighted by atomic mass is 9.97. The molecule has 1 saturated heterocycles. The number of aromatic carboxylic acids is 1. The minimum Gasteiger partial charge on any atom is -0.478 e. The van der Waals surface area contributed by atoms with E-state index in [-0.39, 0.29) is 12.5 Å². The molecular weight excluding hydrogens is 218 g/mol. The number of piperidine rings is 1. The minimum absolute atomic E-state index is 0.172. The Morgan fingerprint density at radius 2 is 2.18 bits per heavy atom. The van der Waals surface area contributed by atoms with Crippen molar-refractivity contribution in [2.45, 2.75) is 12.8 Å². The van der Waals surface area contributed by atoms with Crippen LogP contribution in [0.1, 0.15) is 23.2 Å². The molecule has 0 saturated carbocycles. The molecule has 1 aliphatic heterocycles. The zero-order chi connectivity index (χ0) is 12.3. The van der Waals surface area contributed by atoms with Gasteiger partial charge >= 0.3 is 5.97 Å². The lowest BCUT2D eigenvalue weighted by molar-refractivity contribution is 0.0697. The molecule has 0 spiro atoms. The number of para-hydroxylation sites is 1. The van der Waals surface area contributed by atoms with Crippen molar-refractivity contribution in [3.63, 3.8) is 0 Å². The summed E-state index contributed by atoms with van der Waals surface area (Å²) in [5.74, 6) is -0.641. The Balaban J connectivity index is 2.24. The number of aliphatic hydroxyl groups is 1. The molecule has 1 aromatic carbocycles. The van der Waals surface area contributed by atoms with Gasteiger partial charge in [0.1, 0.15) is 0 Å². The number of benzene rings is 1. The lowest BCUT2D eigenvalue weighted by Crippen LogP contribution is -2.37. The van der Waals surface area contributed by atoms with E-state index in [9.17, 15) is 9.90 Å². The molecule has 1 aromatic rings. The molecular formula is C13H17NO3. The SMILES string of the molecule is O=C(O)c1ccccc1N1CCC[C@H](CO)C1. The summed E-state index contributed by atoms with van der Waals surface area (Å²) in [6.45, 7) is 1.77. The Hall–Kier alpha value is -1.55. The van der Waals surface area contributed by atoms with Gasteiger partial charge in [-0.15, -0.1) is 0 Å². The zero-order valence-corrected chi connectivity index (χ0v) is 9.67. The molecule has 0 unspecified atom stereocenters. The fraction of sp³-hybridized carbons (Fsp3) is 0.462. The molecule has 0 aromatic heterocycles. The summed E-state index contributed by atoms with van der Waals surface area (Å²) >= 11 is 0. The third-order valence-electron chi connectivity index (χ3n) is 3.25. The van der Waals surface area contributed by atoms with Gasteiger partial charge in [0, 0.05) is 19.7 Å². The first-order chi connectivity index (χ1) is 8.22. The van der Waals surface area contributed by atoms with Gasteiger partial charge in [0.25, 0.3) is 0 Å². The Morgan fingerprint density at radius 1 is 1.41 bits per heavy atom. The molecule has 0 aliphatic carbocycles. The van der Waals surface area contributed by atoms with Crippen LogP contribution in [0.5, 0.6) is 0 Å². The molecule has 1 aliphatic rings. The maximum atomic E-state index is 11.1. The highest BCUT2D eigenvalue weighted by molar-refractivity contribution is 5.94. The van der Waals surface area contributed by atoms with Crippen LogP contribution in [0, 0.1) is 5.92 Å². The summed E-state index contributed by atoms with van der Waals surface area (Å²) < 4.78 is 0. The summed E-state index contributed by atoms with van der Waals surface area (Å²) in [5.41, 5.74) is 1.10. The van der Waals surface area contributed by atoms with Crippen LogP contribution in [-0.4, -0.2) is 35.9 Å². The van der Waals surface area contributed by atoms with E-state index in [0.29, 0.717) is 5.56 Å². The van der Waals surface area contributed by atoms with E-state index in [1.807, 2.05) is 12.1 Å². The molecule has 1 heterocycles. The van der Waals surface area contributed by atoms with E-state index < -0.39 is 5.97 Å². The molecule has 1 fully saturated rings. The van der Waals surface area contributed by atoms with Crippen molar-refractivity contribution < 1.29 is 15.0 Å². The molecule has 2 rings (SSSR count). The van der Waals surface area contributed by atoms with E-state index in [1.165, 1.54) is 0 Å². The Kier molecular flexibility index (Phi) is 3.64. The second-order valence-corrected chi connectivity index (χ2v) is 4.46. The summed E-state index contributed by atoms with van der Waals surface area (Å²) in [6, 6.07) is 7.05. The van der Waals surface area contributed by atoms with Crippen molar-refractivity contribution in [3.05, 3.63) is 29.8 Å². The number of nitrogens with zero attached hydrogens (tertiary/aromatic N) is 1. The van der Waals surface area contributed by atoms with Crippen LogP contribution >= 0.6 is 0 Å². The van der Waals surface area contributed by atoms with Crippen LogP contribution in [0.25, 0.3) is 0 Å². The highest BCUT2D eigenvalue weighted by Gasteiger charge is 2.22. The van der Waals surface area contributed by atoms with E-state index in [2.05, 4.69) is 4.90 Å². The fourth-order valence-electron chi connectivity index (χ4n) is 2.36. The van der Waals surface area contributed by atoms with Crippen LogP contribution in [-0.2, 0) is 0 Å². The molecule has 2 N–H and O–H groups in total. The maximum absolute atomic E-state index is 11.1. The van der Waals surface area contributed by atoms with E-state index in [0.717, 1.165) is 31.6 Å². The molecule has 92 valence electrons. The first kappa shape index (κ1) is 11.9. The molecule has 0 bridgehead atoms. The van der Waals surface area contributed by atoms with Gasteiger partial charge in [-0.2, -0.15) is 0 Å². The monoisotopic (exact) mass is 235 g/mol. The first-order valence-electron chi connectivity index (χ1n) is 5.90. The van der Waals surface area contributed by atoms with Crippen LogP contribution in [0.15, 0.2) is 24.3 Å². The van der Waals surface area contributed by atoms with Gasteiger partial charge in [-0.25, -0.2) is 4.79 Å². The van der Waals surface area contributed by atoms with Crippen molar-refractivity contribution in [1.29, 1.82) is 0 Å². The number of rotatable bonds is 3. The smallest absolute Gasteiger partial charge is 0.337 e. The molecule has 4 heteroatoms. The number of carbonyl (C=O) groups is 1. The van der Waals surface area contributed by atoms with Crippen LogP contribution < -0.4 is 4.90 Å². The van der Waals surface area contributed by atoms with Gasteiger partial charge in [0.05, 0.1) is 11.3 Å². The third-order valence-corrected chi connectivity index (χ3v) is 3.25. The summed E-state index contributed by atoms with van der Waals surface area (Å²) in [5, 5.41) is 18.3. The van der Waals surface area contributed by atoms with Gasteiger partial charge in [-0.05, 0) is 30.9 Å². The molecule has 0 amide bonds. The number of carboxylic acids is 1. The van der Waals surface area contributed by atoms with Gasteiger partial charge in [-0.3, -0.25) is 0 Å². The maximum Gasteiger partial charge on any atom is 0.337 e. The highest BCUT2D eigenvalue weighted by Crippen LogP contribution is 2.26. The average Bonchev–Trinajstić information content (AvgIpc) is 2.39. The van der Waals surface area contributed by atoms with Gasteiger partial charge in [0.2, 0.25) is 0 Å². The predicted octanol–water partition coefficient (Wildman–Crippen LogP) is 1.59. The van der Waals surface area contributed by atoms with Crippen LogP contribution in [0.2, 0.25) is 0 Å². The van der Waals surface area contributed by atoms with Crippen molar-refractivity contribution in [1.82, 2.24) is 0 Å². The summed E-state index contributed by atoms with van der Waals surface area (Å²) in [4.78, 5) is 13.2. The number of hydrogen-bond acceptors (Lipinski definition) is 3. The van der Waals surface area contributed by atoms with Crippen molar-refractivity contribution in [3.8, 4) is 0 Å². The Labute approximate surface area is 100 Å². The molecule has 17 heavy (non-hydrogen) atoms. The second kappa shape index (κ2) is 5.19. The van der Waals surface area contributed by atoms with Gasteiger partial charge < -0.3 is 15.1 Å². The minimum atomic E-state index is -0.897. The van der Waals surface area contributed by atoms with Crippen LogP contribution in [0.3, 0.4) is 0 Å². The Morgan fingerprint density at radius 3 is 2.88 bits per heavy atom. The first-order valence-corrected chi connectivity index (χ1v) is 5.90. The second-order valence-electron chi connectivity index (χ2n) is 4.46. The van der Waals surface area contributed by atoms with Crippen molar-refractivity contribution in [2.24, 2.45) is 5.92 Å². The van der Waals surface area contributed by atoms with Crippen LogP contribution in [0.4, 0.5) is 5.69 Å².